The second-order valence-corrected chi connectivity index (χ2v) is 4.08. The van der Waals surface area contributed by atoms with Gasteiger partial charge >= 0.3 is 0 Å². The molecule has 0 unspecified atom stereocenters. The molecule has 1 aliphatic rings. The van der Waals surface area contributed by atoms with Gasteiger partial charge in [0.2, 0.25) is 0 Å². The van der Waals surface area contributed by atoms with Crippen molar-refractivity contribution in [1.29, 1.82) is 0 Å². The molecular weight excluding hydrogens is 190 g/mol. The molecule has 1 fully saturated rings. The maximum Gasteiger partial charge on any atom is 0.140 e. The molecule has 0 bridgehead atoms. The third-order valence-corrected chi connectivity index (χ3v) is 2.94. The quantitative estimate of drug-likeness (QED) is 0.741. The van der Waals surface area contributed by atoms with Crippen LogP contribution < -0.4 is 5.32 Å². The van der Waals surface area contributed by atoms with E-state index in [1.165, 1.54) is 6.42 Å². The van der Waals surface area contributed by atoms with Crippen LogP contribution in [0.15, 0.2) is 6.33 Å². The van der Waals surface area contributed by atoms with Gasteiger partial charge in [-0.05, 0) is 13.0 Å². The summed E-state index contributed by atoms with van der Waals surface area (Å²) < 4.78 is 1.86. The van der Waals surface area contributed by atoms with E-state index in [2.05, 4.69) is 27.2 Å². The van der Waals surface area contributed by atoms with Crippen LogP contribution >= 0.6 is 0 Å². The Hall–Kier alpha value is -0.940. The highest BCUT2D eigenvalue weighted by Gasteiger charge is 2.24. The van der Waals surface area contributed by atoms with Crippen molar-refractivity contribution < 1.29 is 0 Å². The van der Waals surface area contributed by atoms with E-state index < -0.39 is 0 Å². The summed E-state index contributed by atoms with van der Waals surface area (Å²) >= 11 is 0. The van der Waals surface area contributed by atoms with Crippen molar-refractivity contribution in [1.82, 2.24) is 25.0 Å². The SMILES string of the molecule is CCCN(Cc1ncnn1C)C1CNC1. The zero-order chi connectivity index (χ0) is 10.7. The Morgan fingerprint density at radius 2 is 2.40 bits per heavy atom. The molecule has 2 heterocycles. The fraction of sp³-hybridized carbons (Fsp3) is 0.800. The van der Waals surface area contributed by atoms with Crippen LogP contribution in [0.1, 0.15) is 19.2 Å². The van der Waals surface area contributed by atoms with Gasteiger partial charge in [-0.3, -0.25) is 9.58 Å². The molecule has 1 saturated heterocycles. The summed E-state index contributed by atoms with van der Waals surface area (Å²) in [7, 11) is 1.95. The molecule has 2 rings (SSSR count). The van der Waals surface area contributed by atoms with Crippen LogP contribution in [0.3, 0.4) is 0 Å². The van der Waals surface area contributed by atoms with Gasteiger partial charge < -0.3 is 5.32 Å². The topological polar surface area (TPSA) is 46.0 Å². The van der Waals surface area contributed by atoms with Crippen LogP contribution in [-0.2, 0) is 13.6 Å². The van der Waals surface area contributed by atoms with Crippen LogP contribution in [0.2, 0.25) is 0 Å². The lowest BCUT2D eigenvalue weighted by Gasteiger charge is -2.37. The van der Waals surface area contributed by atoms with Gasteiger partial charge in [0.1, 0.15) is 12.2 Å². The Balaban J connectivity index is 1.96. The monoisotopic (exact) mass is 209 g/mol. The average Bonchev–Trinajstić information content (AvgIpc) is 2.49. The summed E-state index contributed by atoms with van der Waals surface area (Å²) in [4.78, 5) is 6.76. The number of aryl methyl sites for hydroxylation is 1. The van der Waals surface area contributed by atoms with E-state index in [0.29, 0.717) is 6.04 Å². The van der Waals surface area contributed by atoms with E-state index in [1.54, 1.807) is 6.33 Å². The Kier molecular flexibility index (Phi) is 3.33. The average molecular weight is 209 g/mol. The number of hydrogen-bond acceptors (Lipinski definition) is 4. The molecule has 15 heavy (non-hydrogen) atoms. The summed E-state index contributed by atoms with van der Waals surface area (Å²) in [5.41, 5.74) is 0. The standard InChI is InChI=1S/C10H19N5/c1-3-4-15(9-5-11-6-9)7-10-12-8-13-14(10)2/h8-9,11H,3-7H2,1-2H3. The second kappa shape index (κ2) is 4.72. The van der Waals surface area contributed by atoms with Crippen LogP contribution in [0, 0.1) is 0 Å². The van der Waals surface area contributed by atoms with E-state index in [-0.39, 0.29) is 0 Å². The van der Waals surface area contributed by atoms with Gasteiger partial charge in [-0.1, -0.05) is 6.92 Å². The summed E-state index contributed by atoms with van der Waals surface area (Å²) in [6.45, 7) is 6.49. The molecule has 0 aliphatic carbocycles. The van der Waals surface area contributed by atoms with Gasteiger partial charge in [0.05, 0.1) is 6.54 Å². The Labute approximate surface area is 90.5 Å². The molecule has 0 saturated carbocycles. The molecule has 0 aromatic carbocycles. The molecule has 1 aromatic rings. The van der Waals surface area contributed by atoms with Crippen molar-refractivity contribution in [2.75, 3.05) is 19.6 Å². The van der Waals surface area contributed by atoms with Crippen molar-refractivity contribution >= 4 is 0 Å². The van der Waals surface area contributed by atoms with E-state index in [4.69, 9.17) is 0 Å². The van der Waals surface area contributed by atoms with Gasteiger partial charge in [-0.25, -0.2) is 4.98 Å². The van der Waals surface area contributed by atoms with E-state index in [1.807, 2.05) is 11.7 Å². The molecule has 0 radical (unpaired) electrons. The molecule has 0 amide bonds. The Morgan fingerprint density at radius 3 is 2.87 bits per heavy atom. The normalized spacial score (nSPS) is 17.0. The van der Waals surface area contributed by atoms with Crippen molar-refractivity contribution in [3.63, 3.8) is 0 Å². The fourth-order valence-corrected chi connectivity index (χ4v) is 1.85. The van der Waals surface area contributed by atoms with Crippen LogP contribution in [-0.4, -0.2) is 45.3 Å². The molecule has 1 aromatic heterocycles. The van der Waals surface area contributed by atoms with Crippen molar-refractivity contribution in [2.24, 2.45) is 7.05 Å². The van der Waals surface area contributed by atoms with Crippen molar-refractivity contribution in [2.45, 2.75) is 25.9 Å². The lowest BCUT2D eigenvalue weighted by Crippen LogP contribution is -2.57. The van der Waals surface area contributed by atoms with Crippen molar-refractivity contribution in [3.8, 4) is 0 Å². The minimum absolute atomic E-state index is 0.682. The van der Waals surface area contributed by atoms with E-state index in [9.17, 15) is 0 Å². The maximum absolute atomic E-state index is 4.27. The highest BCUT2D eigenvalue weighted by molar-refractivity contribution is 4.90. The molecular formula is C10H19N5. The lowest BCUT2D eigenvalue weighted by atomic mass is 10.1. The van der Waals surface area contributed by atoms with E-state index >= 15 is 0 Å². The van der Waals surface area contributed by atoms with Gasteiger partial charge in [0.15, 0.2) is 0 Å². The predicted molar refractivity (Wildman–Crippen MR) is 58.4 cm³/mol. The van der Waals surface area contributed by atoms with Crippen molar-refractivity contribution in [3.05, 3.63) is 12.2 Å². The number of nitrogens with zero attached hydrogens (tertiary/aromatic N) is 4. The van der Waals surface area contributed by atoms with Gasteiger partial charge in [0.25, 0.3) is 0 Å². The first-order chi connectivity index (χ1) is 7.31. The molecule has 0 spiro atoms. The number of hydrogen-bond donors (Lipinski definition) is 1. The minimum atomic E-state index is 0.682. The molecule has 1 aliphatic heterocycles. The zero-order valence-corrected chi connectivity index (χ0v) is 9.48. The Morgan fingerprint density at radius 1 is 1.60 bits per heavy atom. The first-order valence-corrected chi connectivity index (χ1v) is 5.59. The first kappa shape index (κ1) is 10.6. The maximum atomic E-state index is 4.27. The third kappa shape index (κ3) is 2.35. The molecule has 0 atom stereocenters. The van der Waals surface area contributed by atoms with Crippen LogP contribution in [0.4, 0.5) is 0 Å². The lowest BCUT2D eigenvalue weighted by molar-refractivity contribution is 0.133. The van der Waals surface area contributed by atoms with Crippen LogP contribution in [0.5, 0.6) is 0 Å². The molecule has 1 N–H and O–H groups in total. The predicted octanol–water partition coefficient (Wildman–Crippen LogP) is -0.00110. The minimum Gasteiger partial charge on any atom is -0.314 e. The smallest absolute Gasteiger partial charge is 0.140 e. The second-order valence-electron chi connectivity index (χ2n) is 4.08. The summed E-state index contributed by atoms with van der Waals surface area (Å²) in [6, 6.07) is 0.682. The molecule has 5 nitrogen and oxygen atoms in total. The summed E-state index contributed by atoms with van der Waals surface area (Å²) in [5.74, 6) is 1.05. The highest BCUT2D eigenvalue weighted by Crippen LogP contribution is 2.09. The van der Waals surface area contributed by atoms with Gasteiger partial charge in [-0.2, -0.15) is 5.10 Å². The number of aromatic nitrogens is 3. The third-order valence-electron chi connectivity index (χ3n) is 2.94. The Bertz CT molecular complexity index is 305. The zero-order valence-electron chi connectivity index (χ0n) is 9.48. The number of rotatable bonds is 5. The van der Waals surface area contributed by atoms with Gasteiger partial charge in [0, 0.05) is 26.2 Å². The largest absolute Gasteiger partial charge is 0.314 e. The van der Waals surface area contributed by atoms with Gasteiger partial charge in [-0.15, -0.1) is 0 Å². The highest BCUT2D eigenvalue weighted by atomic mass is 15.3. The molecule has 5 heteroatoms. The van der Waals surface area contributed by atoms with E-state index in [0.717, 1.165) is 32.0 Å². The molecule has 84 valence electrons. The fourth-order valence-electron chi connectivity index (χ4n) is 1.85. The van der Waals surface area contributed by atoms with Crippen LogP contribution in [0.25, 0.3) is 0 Å². The first-order valence-electron chi connectivity index (χ1n) is 5.59. The summed E-state index contributed by atoms with van der Waals surface area (Å²) in [6.07, 6.45) is 2.81. The number of nitrogens with one attached hydrogen (secondary N) is 1. The summed E-state index contributed by atoms with van der Waals surface area (Å²) in [5, 5.41) is 7.41.